The lowest BCUT2D eigenvalue weighted by Crippen LogP contribution is -2.15. The molecule has 94 valence electrons. The molecule has 3 nitrogen and oxygen atoms in total. The summed E-state index contributed by atoms with van der Waals surface area (Å²) in [5, 5.41) is 0. The van der Waals surface area contributed by atoms with Crippen LogP contribution in [0.5, 0.6) is 0 Å². The molecule has 0 N–H and O–H groups in total. The topological polar surface area (TPSA) is 35.5 Å². The Labute approximate surface area is 93.9 Å². The molecular formula is C10H8F4O3. The van der Waals surface area contributed by atoms with Gasteiger partial charge in [-0.1, -0.05) is 0 Å². The summed E-state index contributed by atoms with van der Waals surface area (Å²) in [6, 6.07) is 0. The molecular weight excluding hydrogens is 244 g/mol. The number of hydrogen-bond donors (Lipinski definition) is 0. The quantitative estimate of drug-likeness (QED) is 0.358. The molecule has 0 heterocycles. The van der Waals surface area contributed by atoms with E-state index in [0.29, 0.717) is 0 Å². The number of carbonyl (C=O) groups is 1. The highest BCUT2D eigenvalue weighted by Crippen LogP contribution is 2.25. The van der Waals surface area contributed by atoms with Crippen molar-refractivity contribution in [2.75, 3.05) is 14.2 Å². The van der Waals surface area contributed by atoms with Crippen LogP contribution in [0.25, 0.3) is 0 Å². The fourth-order valence-electron chi connectivity index (χ4n) is 1.27. The normalized spacial score (nSPS) is 10.5. The molecule has 0 aliphatic rings. The van der Waals surface area contributed by atoms with Crippen LogP contribution in [0.3, 0.4) is 0 Å². The van der Waals surface area contributed by atoms with Crippen molar-refractivity contribution < 1.29 is 31.8 Å². The van der Waals surface area contributed by atoms with E-state index in [0.717, 1.165) is 14.2 Å². The molecule has 7 heteroatoms. The predicted molar refractivity (Wildman–Crippen MR) is 48.3 cm³/mol. The first kappa shape index (κ1) is 13.4. The Morgan fingerprint density at radius 1 is 1.00 bits per heavy atom. The fraction of sp³-hybridized carbons (Fsp3) is 0.300. The monoisotopic (exact) mass is 252 g/mol. The van der Waals surface area contributed by atoms with Crippen molar-refractivity contribution in [2.24, 2.45) is 0 Å². The Balaban J connectivity index is 3.59. The number of ether oxygens (including phenoxy) is 2. The van der Waals surface area contributed by atoms with Crippen molar-refractivity contribution in [1.29, 1.82) is 0 Å². The summed E-state index contributed by atoms with van der Waals surface area (Å²) >= 11 is 0. The number of rotatable bonds is 3. The second-order valence-electron chi connectivity index (χ2n) is 3.03. The van der Waals surface area contributed by atoms with Gasteiger partial charge in [-0.05, 0) is 0 Å². The minimum absolute atomic E-state index is 0.593. The minimum atomic E-state index is -2.07. The van der Waals surface area contributed by atoms with Gasteiger partial charge in [0.2, 0.25) is 0 Å². The maximum atomic E-state index is 13.3. The zero-order valence-corrected chi connectivity index (χ0v) is 8.94. The van der Waals surface area contributed by atoms with E-state index in [1.807, 2.05) is 0 Å². The molecule has 0 aliphatic carbocycles. The molecule has 0 unspecified atom stereocenters. The third-order valence-electron chi connectivity index (χ3n) is 2.04. The number of benzene rings is 1. The van der Waals surface area contributed by atoms with Crippen LogP contribution in [0.15, 0.2) is 0 Å². The van der Waals surface area contributed by atoms with Crippen LogP contribution in [0, 0.1) is 23.3 Å². The highest BCUT2D eigenvalue weighted by atomic mass is 19.2. The van der Waals surface area contributed by atoms with E-state index < -0.39 is 47.0 Å². The Kier molecular flexibility index (Phi) is 4.06. The Hall–Kier alpha value is -1.63. The minimum Gasteiger partial charge on any atom is -0.465 e. The summed E-state index contributed by atoms with van der Waals surface area (Å²) in [6.07, 6.45) is 0. The van der Waals surface area contributed by atoms with Crippen LogP contribution in [0.2, 0.25) is 0 Å². The second kappa shape index (κ2) is 5.13. The zero-order chi connectivity index (χ0) is 13.2. The molecule has 0 aromatic heterocycles. The molecule has 0 amide bonds. The van der Waals surface area contributed by atoms with Gasteiger partial charge in [0.15, 0.2) is 23.3 Å². The first-order valence-electron chi connectivity index (χ1n) is 4.37. The first-order valence-corrected chi connectivity index (χ1v) is 4.37. The number of hydrogen-bond acceptors (Lipinski definition) is 3. The average Bonchev–Trinajstić information content (AvgIpc) is 2.33. The molecule has 0 saturated heterocycles. The summed E-state index contributed by atoms with van der Waals surface area (Å²) in [7, 11) is 2.02. The maximum absolute atomic E-state index is 13.3. The molecule has 0 spiro atoms. The van der Waals surface area contributed by atoms with Gasteiger partial charge in [0.1, 0.15) is 5.56 Å². The Morgan fingerprint density at radius 3 is 2.00 bits per heavy atom. The van der Waals surface area contributed by atoms with E-state index in [1.165, 1.54) is 0 Å². The first-order chi connectivity index (χ1) is 7.95. The lowest BCUT2D eigenvalue weighted by Gasteiger charge is -2.11. The van der Waals surface area contributed by atoms with Crippen LogP contribution < -0.4 is 0 Å². The van der Waals surface area contributed by atoms with E-state index in [4.69, 9.17) is 0 Å². The molecule has 1 aromatic carbocycles. The summed E-state index contributed by atoms with van der Waals surface area (Å²) in [5.41, 5.74) is -1.73. The molecule has 0 radical (unpaired) electrons. The van der Waals surface area contributed by atoms with Crippen LogP contribution in [0.1, 0.15) is 15.9 Å². The third kappa shape index (κ3) is 2.23. The summed E-state index contributed by atoms with van der Waals surface area (Å²) in [6.45, 7) is -0.593. The maximum Gasteiger partial charge on any atom is 0.341 e. The number of esters is 1. The Bertz CT molecular complexity index is 460. The fourth-order valence-corrected chi connectivity index (χ4v) is 1.27. The predicted octanol–water partition coefficient (Wildman–Crippen LogP) is 2.18. The molecule has 0 saturated carbocycles. The van der Waals surface area contributed by atoms with Gasteiger partial charge in [-0.15, -0.1) is 0 Å². The molecule has 1 rings (SSSR count). The lowest BCUT2D eigenvalue weighted by molar-refractivity contribution is 0.0586. The van der Waals surface area contributed by atoms with Crippen LogP contribution in [-0.2, 0) is 16.1 Å². The van der Waals surface area contributed by atoms with Gasteiger partial charge >= 0.3 is 5.97 Å². The number of methoxy groups -OCH3 is 2. The second-order valence-corrected chi connectivity index (χ2v) is 3.03. The van der Waals surface area contributed by atoms with Crippen LogP contribution >= 0.6 is 0 Å². The van der Waals surface area contributed by atoms with E-state index in [2.05, 4.69) is 9.47 Å². The van der Waals surface area contributed by atoms with Crippen molar-refractivity contribution in [3.05, 3.63) is 34.4 Å². The molecule has 0 atom stereocenters. The van der Waals surface area contributed by atoms with Gasteiger partial charge in [-0.2, -0.15) is 0 Å². The van der Waals surface area contributed by atoms with Gasteiger partial charge < -0.3 is 9.47 Å². The van der Waals surface area contributed by atoms with E-state index in [1.54, 1.807) is 0 Å². The van der Waals surface area contributed by atoms with Gasteiger partial charge in [0.05, 0.1) is 13.7 Å². The van der Waals surface area contributed by atoms with Crippen molar-refractivity contribution in [3.8, 4) is 0 Å². The molecule has 0 bridgehead atoms. The smallest absolute Gasteiger partial charge is 0.341 e. The highest BCUT2D eigenvalue weighted by Gasteiger charge is 2.29. The summed E-state index contributed by atoms with van der Waals surface area (Å²) in [5.74, 6) is -8.86. The largest absolute Gasteiger partial charge is 0.465 e. The number of halogens is 4. The Morgan fingerprint density at radius 2 is 1.53 bits per heavy atom. The van der Waals surface area contributed by atoms with E-state index in [-0.39, 0.29) is 0 Å². The third-order valence-corrected chi connectivity index (χ3v) is 2.04. The van der Waals surface area contributed by atoms with E-state index >= 15 is 0 Å². The van der Waals surface area contributed by atoms with Crippen LogP contribution in [-0.4, -0.2) is 20.2 Å². The molecule has 0 aliphatic heterocycles. The standard InChI is InChI=1S/C10H8F4O3/c1-16-3-4-5(10(15)17-2)7(12)9(14)8(13)6(4)11/h3H2,1-2H3. The molecule has 0 fully saturated rings. The van der Waals surface area contributed by atoms with Gasteiger partial charge in [0, 0.05) is 12.7 Å². The lowest BCUT2D eigenvalue weighted by atomic mass is 10.1. The number of carbonyl (C=O) groups excluding carboxylic acids is 1. The van der Waals surface area contributed by atoms with Gasteiger partial charge in [-0.3, -0.25) is 0 Å². The summed E-state index contributed by atoms with van der Waals surface area (Å²) < 4.78 is 61.2. The van der Waals surface area contributed by atoms with Crippen molar-refractivity contribution in [1.82, 2.24) is 0 Å². The van der Waals surface area contributed by atoms with Crippen molar-refractivity contribution in [2.45, 2.75) is 6.61 Å². The van der Waals surface area contributed by atoms with E-state index in [9.17, 15) is 22.4 Å². The average molecular weight is 252 g/mol. The van der Waals surface area contributed by atoms with Crippen molar-refractivity contribution >= 4 is 5.97 Å². The van der Waals surface area contributed by atoms with Crippen LogP contribution in [0.4, 0.5) is 17.6 Å². The SMILES string of the molecule is COCc1c(F)c(F)c(F)c(F)c1C(=O)OC. The molecule has 1 aromatic rings. The summed E-state index contributed by atoms with van der Waals surface area (Å²) in [4.78, 5) is 11.2. The molecule has 17 heavy (non-hydrogen) atoms. The van der Waals surface area contributed by atoms with Gasteiger partial charge in [-0.25, -0.2) is 22.4 Å². The highest BCUT2D eigenvalue weighted by molar-refractivity contribution is 5.91. The van der Waals surface area contributed by atoms with Gasteiger partial charge in [0.25, 0.3) is 0 Å². The zero-order valence-electron chi connectivity index (χ0n) is 8.94. The van der Waals surface area contributed by atoms with Crippen molar-refractivity contribution in [3.63, 3.8) is 0 Å².